The predicted octanol–water partition coefficient (Wildman–Crippen LogP) is 3.14. The molecule has 0 atom stereocenters. The van der Waals surface area contributed by atoms with Crippen molar-refractivity contribution in [1.29, 1.82) is 0 Å². The van der Waals surface area contributed by atoms with E-state index in [1.54, 1.807) is 12.4 Å². The molecule has 17 heavy (non-hydrogen) atoms. The van der Waals surface area contributed by atoms with Gasteiger partial charge >= 0.3 is 0 Å². The molecule has 88 valence electrons. The molecule has 0 amide bonds. The van der Waals surface area contributed by atoms with Crippen LogP contribution in [0.15, 0.2) is 42.7 Å². The summed E-state index contributed by atoms with van der Waals surface area (Å²) in [5.41, 5.74) is 1.31. The molecule has 2 rings (SSSR count). The summed E-state index contributed by atoms with van der Waals surface area (Å²) in [7, 11) is 0. The lowest BCUT2D eigenvalue weighted by molar-refractivity contribution is 0.298. The summed E-state index contributed by atoms with van der Waals surface area (Å²) in [6.45, 7) is 0.591. The highest BCUT2D eigenvalue weighted by molar-refractivity contribution is 6.30. The summed E-state index contributed by atoms with van der Waals surface area (Å²) in [6, 6.07) is 10.3. The van der Waals surface area contributed by atoms with Crippen molar-refractivity contribution in [1.82, 2.24) is 9.97 Å². The molecule has 0 radical (unpaired) electrons. The number of aryl methyl sites for hydroxylation is 1. The van der Waals surface area contributed by atoms with Gasteiger partial charge in [0.05, 0.1) is 6.61 Å². The van der Waals surface area contributed by atoms with Crippen LogP contribution in [0.1, 0.15) is 12.0 Å². The van der Waals surface area contributed by atoms with Crippen molar-refractivity contribution in [3.8, 4) is 5.88 Å². The van der Waals surface area contributed by atoms with Gasteiger partial charge in [-0.2, -0.15) is 0 Å². The lowest BCUT2D eigenvalue weighted by Crippen LogP contribution is -2.01. The smallest absolute Gasteiger partial charge is 0.252 e. The van der Waals surface area contributed by atoms with E-state index in [4.69, 9.17) is 16.3 Å². The fraction of sp³-hybridized carbons (Fsp3) is 0.231. The summed E-state index contributed by atoms with van der Waals surface area (Å²) >= 11 is 5.82. The molecule has 0 N–H and O–H groups in total. The standard InChI is InChI=1S/C13H13ClN2O/c14-12-13(16-9-8-15-12)17-10-4-7-11-5-2-1-3-6-11/h1-3,5-6,8-9H,4,7,10H2. The molecule has 0 aliphatic carbocycles. The molecule has 0 saturated carbocycles. The summed E-state index contributed by atoms with van der Waals surface area (Å²) in [5.74, 6) is 0.405. The maximum atomic E-state index is 5.82. The van der Waals surface area contributed by atoms with Crippen LogP contribution in [-0.4, -0.2) is 16.6 Å². The van der Waals surface area contributed by atoms with Gasteiger partial charge in [-0.1, -0.05) is 41.9 Å². The van der Waals surface area contributed by atoms with E-state index < -0.39 is 0 Å². The first kappa shape index (κ1) is 11.9. The number of rotatable bonds is 5. The normalized spacial score (nSPS) is 10.2. The van der Waals surface area contributed by atoms with Gasteiger partial charge in [0.25, 0.3) is 5.88 Å². The molecule has 4 heteroatoms. The van der Waals surface area contributed by atoms with Crippen molar-refractivity contribution in [2.45, 2.75) is 12.8 Å². The average Bonchev–Trinajstić information content (AvgIpc) is 2.38. The number of nitrogens with zero attached hydrogens (tertiary/aromatic N) is 2. The van der Waals surface area contributed by atoms with Gasteiger partial charge in [-0.15, -0.1) is 0 Å². The third-order valence-corrected chi connectivity index (χ3v) is 2.57. The SMILES string of the molecule is Clc1nccnc1OCCCc1ccccc1. The molecule has 1 aromatic carbocycles. The van der Waals surface area contributed by atoms with Gasteiger partial charge in [0.15, 0.2) is 5.15 Å². The molecule has 1 aromatic heterocycles. The molecule has 1 heterocycles. The summed E-state index contributed by atoms with van der Waals surface area (Å²) in [6.07, 6.45) is 5.02. The Bertz CT molecular complexity index is 462. The Hall–Kier alpha value is -1.61. The van der Waals surface area contributed by atoms with Crippen molar-refractivity contribution in [3.05, 3.63) is 53.4 Å². The van der Waals surface area contributed by atoms with Crippen LogP contribution in [0, 0.1) is 0 Å². The maximum absolute atomic E-state index is 5.82. The average molecular weight is 249 g/mol. The number of ether oxygens (including phenoxy) is 1. The summed E-state index contributed by atoms with van der Waals surface area (Å²) in [4.78, 5) is 7.90. The molecule has 0 aliphatic heterocycles. The third-order valence-electron chi connectivity index (χ3n) is 2.31. The van der Waals surface area contributed by atoms with Crippen molar-refractivity contribution < 1.29 is 4.74 Å². The van der Waals surface area contributed by atoms with Crippen molar-refractivity contribution in [3.63, 3.8) is 0 Å². The van der Waals surface area contributed by atoms with E-state index in [-0.39, 0.29) is 0 Å². The van der Waals surface area contributed by atoms with E-state index >= 15 is 0 Å². The van der Waals surface area contributed by atoms with E-state index in [2.05, 4.69) is 22.1 Å². The highest BCUT2D eigenvalue weighted by Gasteiger charge is 2.02. The molecular weight excluding hydrogens is 236 g/mol. The lowest BCUT2D eigenvalue weighted by Gasteiger charge is -2.05. The Balaban J connectivity index is 1.76. The van der Waals surface area contributed by atoms with Crippen LogP contribution >= 0.6 is 11.6 Å². The molecule has 2 aromatic rings. The van der Waals surface area contributed by atoms with E-state index in [1.165, 1.54) is 5.56 Å². The van der Waals surface area contributed by atoms with E-state index in [1.807, 2.05) is 18.2 Å². The largest absolute Gasteiger partial charge is 0.475 e. The van der Waals surface area contributed by atoms with Crippen molar-refractivity contribution in [2.75, 3.05) is 6.61 Å². The highest BCUT2D eigenvalue weighted by atomic mass is 35.5. The minimum absolute atomic E-state index is 0.312. The Labute approximate surface area is 105 Å². The third kappa shape index (κ3) is 3.71. The Morgan fingerprint density at radius 1 is 1.06 bits per heavy atom. The number of halogens is 1. The summed E-state index contributed by atoms with van der Waals surface area (Å²) in [5, 5.41) is 0.312. The van der Waals surface area contributed by atoms with Gasteiger partial charge in [0.2, 0.25) is 0 Å². The number of benzene rings is 1. The van der Waals surface area contributed by atoms with Crippen molar-refractivity contribution >= 4 is 11.6 Å². The molecular formula is C13H13ClN2O. The van der Waals surface area contributed by atoms with Gasteiger partial charge in [-0.25, -0.2) is 9.97 Å². The van der Waals surface area contributed by atoms with Crippen LogP contribution in [0.4, 0.5) is 0 Å². The molecule has 0 fully saturated rings. The zero-order chi connectivity index (χ0) is 11.9. The Kier molecular flexibility index (Phi) is 4.33. The van der Waals surface area contributed by atoms with Crippen LogP contribution in [0.3, 0.4) is 0 Å². The zero-order valence-electron chi connectivity index (χ0n) is 9.34. The van der Waals surface area contributed by atoms with Crippen LogP contribution in [-0.2, 0) is 6.42 Å². The minimum Gasteiger partial charge on any atom is -0.475 e. The van der Waals surface area contributed by atoms with Crippen LogP contribution in [0.2, 0.25) is 5.15 Å². The second kappa shape index (κ2) is 6.21. The van der Waals surface area contributed by atoms with E-state index in [0.717, 1.165) is 12.8 Å². The van der Waals surface area contributed by atoms with Crippen LogP contribution in [0.5, 0.6) is 5.88 Å². The predicted molar refractivity (Wildman–Crippen MR) is 67.3 cm³/mol. The molecule has 0 bridgehead atoms. The Morgan fingerprint density at radius 3 is 2.59 bits per heavy atom. The van der Waals surface area contributed by atoms with Crippen LogP contribution in [0.25, 0.3) is 0 Å². The quantitative estimate of drug-likeness (QED) is 0.763. The zero-order valence-corrected chi connectivity index (χ0v) is 10.1. The summed E-state index contributed by atoms with van der Waals surface area (Å²) < 4.78 is 5.45. The van der Waals surface area contributed by atoms with Gasteiger partial charge in [-0.3, -0.25) is 0 Å². The fourth-order valence-electron chi connectivity index (χ4n) is 1.49. The maximum Gasteiger partial charge on any atom is 0.252 e. The van der Waals surface area contributed by atoms with Crippen molar-refractivity contribution in [2.24, 2.45) is 0 Å². The molecule has 0 spiro atoms. The number of hydrogen-bond donors (Lipinski definition) is 0. The monoisotopic (exact) mass is 248 g/mol. The van der Waals surface area contributed by atoms with Gasteiger partial charge in [-0.05, 0) is 18.4 Å². The second-order valence-electron chi connectivity index (χ2n) is 3.59. The molecule has 0 unspecified atom stereocenters. The Morgan fingerprint density at radius 2 is 1.82 bits per heavy atom. The first-order chi connectivity index (χ1) is 8.36. The molecule has 3 nitrogen and oxygen atoms in total. The minimum atomic E-state index is 0.312. The van der Waals surface area contributed by atoms with Gasteiger partial charge < -0.3 is 4.74 Å². The first-order valence-corrected chi connectivity index (χ1v) is 5.87. The number of aromatic nitrogens is 2. The van der Waals surface area contributed by atoms with E-state index in [0.29, 0.717) is 17.6 Å². The highest BCUT2D eigenvalue weighted by Crippen LogP contribution is 2.17. The van der Waals surface area contributed by atoms with Gasteiger partial charge in [0, 0.05) is 12.4 Å². The second-order valence-corrected chi connectivity index (χ2v) is 3.95. The number of hydrogen-bond acceptors (Lipinski definition) is 3. The topological polar surface area (TPSA) is 35.0 Å². The van der Waals surface area contributed by atoms with Crippen LogP contribution < -0.4 is 4.74 Å². The fourth-order valence-corrected chi connectivity index (χ4v) is 1.65. The van der Waals surface area contributed by atoms with E-state index in [9.17, 15) is 0 Å². The first-order valence-electron chi connectivity index (χ1n) is 5.49. The molecule has 0 aliphatic rings. The lowest BCUT2D eigenvalue weighted by atomic mass is 10.1. The molecule has 0 saturated heterocycles. The van der Waals surface area contributed by atoms with Gasteiger partial charge in [0.1, 0.15) is 0 Å².